The third-order valence-electron chi connectivity index (χ3n) is 4.02. The first kappa shape index (κ1) is 15.2. The van der Waals surface area contributed by atoms with Crippen molar-refractivity contribution in [1.29, 1.82) is 0 Å². The van der Waals surface area contributed by atoms with Gasteiger partial charge in [-0.15, -0.1) is 0 Å². The van der Waals surface area contributed by atoms with Crippen molar-refractivity contribution in [2.24, 2.45) is 13.0 Å². The fourth-order valence-corrected chi connectivity index (χ4v) is 3.30. The van der Waals surface area contributed by atoms with Crippen LogP contribution in [0.25, 0.3) is 11.0 Å². The fourth-order valence-electron chi connectivity index (χ4n) is 2.80. The number of anilines is 1. The number of hydrogen-bond donors (Lipinski definition) is 1. The molecule has 2 aromatic rings. The molecule has 7 nitrogen and oxygen atoms in total. The minimum Gasteiger partial charge on any atom is -0.381 e. The van der Waals surface area contributed by atoms with Gasteiger partial charge < -0.3 is 14.6 Å². The average Bonchev–Trinajstić information content (AvgIpc) is 2.90. The number of aryl methyl sites for hydroxylation is 1. The molecule has 0 amide bonds. The second-order valence-corrected chi connectivity index (χ2v) is 6.35. The van der Waals surface area contributed by atoms with E-state index in [2.05, 4.69) is 26.2 Å². The summed E-state index contributed by atoms with van der Waals surface area (Å²) in [5.41, 5.74) is 2.07. The standard InChI is InChI=1S/C14H17BrN4O3/c1-18-8-17-12-10(15)6-11(19(20)21)13(14(12)18)16-7-9-2-4-22-5-3-9/h6,8-9,16H,2-5,7H2,1H3. The second kappa shape index (κ2) is 6.21. The Hall–Kier alpha value is -1.67. The molecule has 22 heavy (non-hydrogen) atoms. The lowest BCUT2D eigenvalue weighted by Crippen LogP contribution is -2.23. The van der Waals surface area contributed by atoms with Crippen molar-refractivity contribution in [3.8, 4) is 0 Å². The summed E-state index contributed by atoms with van der Waals surface area (Å²) in [6, 6.07) is 1.52. The van der Waals surface area contributed by atoms with Crippen molar-refractivity contribution in [1.82, 2.24) is 9.55 Å². The van der Waals surface area contributed by atoms with Gasteiger partial charge in [-0.3, -0.25) is 10.1 Å². The Labute approximate surface area is 135 Å². The number of imidazole rings is 1. The van der Waals surface area contributed by atoms with Crippen LogP contribution >= 0.6 is 15.9 Å². The van der Waals surface area contributed by atoms with Crippen molar-refractivity contribution in [2.75, 3.05) is 25.1 Å². The van der Waals surface area contributed by atoms with E-state index in [0.717, 1.165) is 37.1 Å². The van der Waals surface area contributed by atoms with E-state index in [4.69, 9.17) is 4.74 Å². The van der Waals surface area contributed by atoms with E-state index >= 15 is 0 Å². The summed E-state index contributed by atoms with van der Waals surface area (Å²) < 4.78 is 7.79. The van der Waals surface area contributed by atoms with Crippen LogP contribution in [0.1, 0.15) is 12.8 Å². The number of benzene rings is 1. The highest BCUT2D eigenvalue weighted by Crippen LogP contribution is 2.37. The van der Waals surface area contributed by atoms with E-state index in [-0.39, 0.29) is 10.6 Å². The van der Waals surface area contributed by atoms with Gasteiger partial charge in [0.1, 0.15) is 11.2 Å². The first-order chi connectivity index (χ1) is 10.6. The van der Waals surface area contributed by atoms with E-state index in [1.807, 2.05) is 7.05 Å². The zero-order valence-electron chi connectivity index (χ0n) is 12.2. The maximum atomic E-state index is 11.4. The Morgan fingerprint density at radius 2 is 2.27 bits per heavy atom. The van der Waals surface area contributed by atoms with E-state index in [0.29, 0.717) is 22.6 Å². The average molecular weight is 369 g/mol. The molecule has 0 aliphatic carbocycles. The van der Waals surface area contributed by atoms with Gasteiger partial charge in [0.15, 0.2) is 0 Å². The minimum absolute atomic E-state index is 0.0648. The number of nitrogens with one attached hydrogen (secondary N) is 1. The Morgan fingerprint density at radius 3 is 2.95 bits per heavy atom. The summed E-state index contributed by atoms with van der Waals surface area (Å²) in [6.07, 6.45) is 3.62. The van der Waals surface area contributed by atoms with Crippen LogP contribution in [-0.4, -0.2) is 34.2 Å². The maximum Gasteiger partial charge on any atom is 0.295 e. The first-order valence-electron chi connectivity index (χ1n) is 7.17. The normalized spacial score (nSPS) is 16.1. The summed E-state index contributed by atoms with van der Waals surface area (Å²) in [5, 5.41) is 14.7. The number of nitro benzene ring substituents is 1. The molecule has 8 heteroatoms. The lowest BCUT2D eigenvalue weighted by Gasteiger charge is -2.23. The van der Waals surface area contributed by atoms with Crippen molar-refractivity contribution in [3.63, 3.8) is 0 Å². The third-order valence-corrected chi connectivity index (χ3v) is 4.63. The van der Waals surface area contributed by atoms with Gasteiger partial charge in [-0.1, -0.05) is 0 Å². The van der Waals surface area contributed by atoms with Crippen LogP contribution in [0.3, 0.4) is 0 Å². The number of ether oxygens (including phenoxy) is 1. The fraction of sp³-hybridized carbons (Fsp3) is 0.500. The molecule has 1 aromatic heterocycles. The molecular formula is C14H17BrN4O3. The van der Waals surface area contributed by atoms with Crippen LogP contribution < -0.4 is 5.32 Å². The van der Waals surface area contributed by atoms with Gasteiger partial charge >= 0.3 is 0 Å². The van der Waals surface area contributed by atoms with Gasteiger partial charge in [-0.2, -0.15) is 0 Å². The SMILES string of the molecule is Cn1cnc2c(Br)cc([N+](=O)[O-])c(NCC3CCOCC3)c21. The van der Waals surface area contributed by atoms with Crippen molar-refractivity contribution < 1.29 is 9.66 Å². The molecule has 1 N–H and O–H groups in total. The summed E-state index contributed by atoms with van der Waals surface area (Å²) in [4.78, 5) is 15.3. The van der Waals surface area contributed by atoms with Gasteiger partial charge in [0.05, 0.1) is 21.2 Å². The number of halogens is 1. The molecule has 0 unspecified atom stereocenters. The van der Waals surface area contributed by atoms with Gasteiger partial charge in [0.25, 0.3) is 5.69 Å². The molecule has 2 heterocycles. The summed E-state index contributed by atoms with van der Waals surface area (Å²) >= 11 is 3.37. The summed E-state index contributed by atoms with van der Waals surface area (Å²) in [7, 11) is 1.84. The van der Waals surface area contributed by atoms with Gasteiger partial charge in [0, 0.05) is 32.9 Å². The number of rotatable bonds is 4. The van der Waals surface area contributed by atoms with E-state index < -0.39 is 0 Å². The quantitative estimate of drug-likeness (QED) is 0.662. The van der Waals surface area contributed by atoms with E-state index in [1.54, 1.807) is 10.9 Å². The molecule has 0 radical (unpaired) electrons. The molecule has 0 bridgehead atoms. The molecule has 0 atom stereocenters. The number of nitrogens with zero attached hydrogens (tertiary/aromatic N) is 3. The molecule has 1 aliphatic rings. The lowest BCUT2D eigenvalue weighted by atomic mass is 10.0. The van der Waals surface area contributed by atoms with Crippen LogP contribution in [0.15, 0.2) is 16.9 Å². The molecule has 0 spiro atoms. The Balaban J connectivity index is 1.98. The molecule has 1 saturated heterocycles. The zero-order valence-corrected chi connectivity index (χ0v) is 13.8. The molecule has 0 saturated carbocycles. The van der Waals surface area contributed by atoms with Crippen molar-refractivity contribution in [2.45, 2.75) is 12.8 Å². The summed E-state index contributed by atoms with van der Waals surface area (Å²) in [6.45, 7) is 2.22. The second-order valence-electron chi connectivity index (χ2n) is 5.50. The highest BCUT2D eigenvalue weighted by atomic mass is 79.9. The largest absolute Gasteiger partial charge is 0.381 e. The Morgan fingerprint density at radius 1 is 1.55 bits per heavy atom. The van der Waals surface area contributed by atoms with Gasteiger partial charge in [0.2, 0.25) is 0 Å². The van der Waals surface area contributed by atoms with Crippen LogP contribution in [0.5, 0.6) is 0 Å². The molecule has 1 aliphatic heterocycles. The first-order valence-corrected chi connectivity index (χ1v) is 7.96. The molecule has 1 aromatic carbocycles. The van der Waals surface area contributed by atoms with Crippen LogP contribution in [0.4, 0.5) is 11.4 Å². The molecular weight excluding hydrogens is 352 g/mol. The number of hydrogen-bond acceptors (Lipinski definition) is 5. The van der Waals surface area contributed by atoms with Crippen LogP contribution in [0, 0.1) is 16.0 Å². The highest BCUT2D eigenvalue weighted by molar-refractivity contribution is 9.10. The predicted octanol–water partition coefficient (Wildman–Crippen LogP) is 3.08. The Bertz CT molecular complexity index is 710. The highest BCUT2D eigenvalue weighted by Gasteiger charge is 2.23. The maximum absolute atomic E-state index is 11.4. The monoisotopic (exact) mass is 368 g/mol. The number of aromatic nitrogens is 2. The van der Waals surface area contributed by atoms with Gasteiger partial charge in [-0.25, -0.2) is 4.98 Å². The molecule has 118 valence electrons. The van der Waals surface area contributed by atoms with Crippen LogP contribution in [0.2, 0.25) is 0 Å². The molecule has 1 fully saturated rings. The number of fused-ring (bicyclic) bond motifs is 1. The minimum atomic E-state index is -0.358. The van der Waals surface area contributed by atoms with E-state index in [9.17, 15) is 10.1 Å². The topological polar surface area (TPSA) is 82.2 Å². The van der Waals surface area contributed by atoms with Crippen LogP contribution in [-0.2, 0) is 11.8 Å². The zero-order chi connectivity index (χ0) is 15.7. The molecule has 3 rings (SSSR count). The van der Waals surface area contributed by atoms with E-state index in [1.165, 1.54) is 6.07 Å². The van der Waals surface area contributed by atoms with Crippen molar-refractivity contribution in [3.05, 3.63) is 27.0 Å². The summed E-state index contributed by atoms with van der Waals surface area (Å²) in [5.74, 6) is 0.472. The van der Waals surface area contributed by atoms with Crippen molar-refractivity contribution >= 4 is 38.3 Å². The van der Waals surface area contributed by atoms with Gasteiger partial charge in [-0.05, 0) is 34.7 Å². The predicted molar refractivity (Wildman–Crippen MR) is 87.1 cm³/mol. The smallest absolute Gasteiger partial charge is 0.295 e. The number of nitro groups is 1. The Kier molecular flexibility index (Phi) is 4.30. The lowest BCUT2D eigenvalue weighted by molar-refractivity contribution is -0.383. The third kappa shape index (κ3) is 2.80.